The van der Waals surface area contributed by atoms with Gasteiger partial charge in [-0.15, -0.1) is 0 Å². The van der Waals surface area contributed by atoms with E-state index < -0.39 is 0 Å². The van der Waals surface area contributed by atoms with Crippen molar-refractivity contribution in [2.24, 2.45) is 0 Å². The van der Waals surface area contributed by atoms with Crippen LogP contribution < -0.4 is 19.9 Å². The van der Waals surface area contributed by atoms with E-state index >= 15 is 0 Å². The van der Waals surface area contributed by atoms with Crippen molar-refractivity contribution in [3.8, 4) is 12.1 Å². The number of likely N-dealkylation sites (N-methyl/N-ethyl adjacent to an activating group) is 1. The largest absolute Gasteiger partial charge is 0.462 e. The van der Waals surface area contributed by atoms with Crippen LogP contribution in [0.4, 0.5) is 11.5 Å². The molecule has 2 fully saturated rings. The van der Waals surface area contributed by atoms with E-state index in [2.05, 4.69) is 57.4 Å². The van der Waals surface area contributed by atoms with Gasteiger partial charge in [0.25, 0.3) is 0 Å². The highest BCUT2D eigenvalue weighted by Crippen LogP contribution is 2.36. The van der Waals surface area contributed by atoms with Crippen LogP contribution in [-0.2, 0) is 13.0 Å². The summed E-state index contributed by atoms with van der Waals surface area (Å²) in [6.07, 6.45) is 4.71. The first-order valence-electron chi connectivity index (χ1n) is 14.1. The molecule has 2 saturated heterocycles. The Morgan fingerprint density at radius 2 is 1.97 bits per heavy atom. The summed E-state index contributed by atoms with van der Waals surface area (Å²) in [6, 6.07) is 15.8. The van der Waals surface area contributed by atoms with Crippen LogP contribution >= 0.6 is 11.6 Å². The average molecular weight is 546 g/mol. The lowest BCUT2D eigenvalue weighted by molar-refractivity contribution is 0.187. The van der Waals surface area contributed by atoms with E-state index in [-0.39, 0.29) is 6.04 Å². The Morgan fingerprint density at radius 1 is 1.10 bits per heavy atom. The molecule has 8 nitrogen and oxygen atoms in total. The fourth-order valence-corrected chi connectivity index (χ4v) is 6.56. The van der Waals surface area contributed by atoms with Gasteiger partial charge in [0.15, 0.2) is 0 Å². The molecule has 9 heteroatoms. The molecular formula is C30H36ClN7O. The molecule has 0 radical (unpaired) electrons. The van der Waals surface area contributed by atoms with Gasteiger partial charge in [-0.25, -0.2) is 0 Å². The van der Waals surface area contributed by atoms with Gasteiger partial charge in [-0.2, -0.15) is 15.2 Å². The van der Waals surface area contributed by atoms with Crippen LogP contribution in [0.25, 0.3) is 10.8 Å². The Hall–Kier alpha value is -3.12. The van der Waals surface area contributed by atoms with Gasteiger partial charge in [0.2, 0.25) is 0 Å². The van der Waals surface area contributed by atoms with Crippen LogP contribution in [0.2, 0.25) is 5.02 Å². The van der Waals surface area contributed by atoms with E-state index in [9.17, 15) is 5.26 Å². The maximum atomic E-state index is 9.30. The molecule has 1 N–H and O–H groups in total. The van der Waals surface area contributed by atoms with Crippen LogP contribution in [0, 0.1) is 11.3 Å². The van der Waals surface area contributed by atoms with Gasteiger partial charge in [-0.1, -0.05) is 35.9 Å². The molecule has 0 bridgehead atoms. The topological polar surface area (TPSA) is 80.5 Å². The van der Waals surface area contributed by atoms with E-state index in [4.69, 9.17) is 26.3 Å². The second-order valence-electron chi connectivity index (χ2n) is 10.9. The number of halogens is 1. The van der Waals surface area contributed by atoms with Crippen molar-refractivity contribution in [3.63, 3.8) is 0 Å². The fraction of sp³-hybridized carbons (Fsp3) is 0.500. The Bertz CT molecular complexity index is 1370. The maximum Gasteiger partial charge on any atom is 0.318 e. The summed E-state index contributed by atoms with van der Waals surface area (Å²) >= 11 is 6.72. The minimum Gasteiger partial charge on any atom is -0.462 e. The molecule has 3 aromatic rings. The first-order chi connectivity index (χ1) is 19.1. The van der Waals surface area contributed by atoms with E-state index in [0.29, 0.717) is 31.6 Å². The Morgan fingerprint density at radius 3 is 2.79 bits per heavy atom. The molecule has 4 heterocycles. The Balaban J connectivity index is 1.36. The predicted molar refractivity (Wildman–Crippen MR) is 156 cm³/mol. The number of likely N-dealkylation sites (tertiary alicyclic amines) is 1. The molecule has 0 amide bonds. The molecule has 3 aliphatic heterocycles. The van der Waals surface area contributed by atoms with Gasteiger partial charge < -0.3 is 24.8 Å². The van der Waals surface area contributed by atoms with Crippen LogP contribution in [0.5, 0.6) is 6.01 Å². The SMILES string of the molecule is CN1CCC[C@H]1COc1nc2c(c(N3CCNC(CC#N)C3)n1)CCCN(c1cccc3cccc(Cl)c13)C2. The Labute approximate surface area is 235 Å². The number of aromatic nitrogens is 2. The average Bonchev–Trinajstić information content (AvgIpc) is 3.24. The number of ether oxygens (including phenoxy) is 1. The summed E-state index contributed by atoms with van der Waals surface area (Å²) in [5, 5.41) is 15.8. The van der Waals surface area contributed by atoms with Crippen molar-refractivity contribution >= 4 is 33.9 Å². The lowest BCUT2D eigenvalue weighted by Gasteiger charge is -2.35. The normalized spacial score (nSPS) is 22.0. The highest BCUT2D eigenvalue weighted by Gasteiger charge is 2.29. The number of nitrogens with zero attached hydrogens (tertiary/aromatic N) is 6. The minimum absolute atomic E-state index is 0.131. The standard InChI is InChI=1S/C30H36ClN7O/c1-36-15-4-8-23(36)20-39-30-34-26-19-37(27-11-3-7-21-6-2-10-25(31)28(21)27)16-5-9-24(26)29(35-30)38-17-14-33-22(18-38)12-13-32/h2-3,6-7,10-11,22-23,33H,4-5,8-9,12,14-20H2,1H3/t22?,23-/m0/s1. The third-order valence-electron chi connectivity index (χ3n) is 8.39. The van der Waals surface area contributed by atoms with Crippen molar-refractivity contribution in [3.05, 3.63) is 52.7 Å². The summed E-state index contributed by atoms with van der Waals surface area (Å²) < 4.78 is 6.31. The Kier molecular flexibility index (Phi) is 7.73. The van der Waals surface area contributed by atoms with Crippen molar-refractivity contribution in [2.45, 2.75) is 50.7 Å². The van der Waals surface area contributed by atoms with Gasteiger partial charge in [0, 0.05) is 54.9 Å². The van der Waals surface area contributed by atoms with Crippen molar-refractivity contribution in [1.82, 2.24) is 20.2 Å². The molecule has 2 aromatic carbocycles. The number of nitrogens with one attached hydrogen (secondary N) is 1. The summed E-state index contributed by atoms with van der Waals surface area (Å²) in [4.78, 5) is 17.1. The lowest BCUT2D eigenvalue weighted by atomic mass is 10.1. The van der Waals surface area contributed by atoms with Gasteiger partial charge in [0.1, 0.15) is 12.4 Å². The fourth-order valence-electron chi connectivity index (χ4n) is 6.29. The number of anilines is 2. The van der Waals surface area contributed by atoms with Crippen LogP contribution in [0.1, 0.15) is 36.9 Å². The molecule has 204 valence electrons. The predicted octanol–water partition coefficient (Wildman–Crippen LogP) is 4.40. The van der Waals surface area contributed by atoms with E-state index in [1.54, 1.807) is 0 Å². The molecule has 39 heavy (non-hydrogen) atoms. The number of benzene rings is 2. The van der Waals surface area contributed by atoms with Crippen LogP contribution in [-0.4, -0.2) is 73.3 Å². The first kappa shape index (κ1) is 26.1. The van der Waals surface area contributed by atoms with Crippen LogP contribution in [0.15, 0.2) is 36.4 Å². The summed E-state index contributed by atoms with van der Waals surface area (Å²) in [6.45, 7) is 5.70. The van der Waals surface area contributed by atoms with Gasteiger partial charge in [-0.05, 0) is 56.8 Å². The zero-order valence-corrected chi connectivity index (χ0v) is 23.3. The van der Waals surface area contributed by atoms with Crippen molar-refractivity contribution < 1.29 is 4.74 Å². The van der Waals surface area contributed by atoms with Gasteiger partial charge in [0.05, 0.1) is 29.8 Å². The highest BCUT2D eigenvalue weighted by molar-refractivity contribution is 6.36. The smallest absolute Gasteiger partial charge is 0.318 e. The quantitative estimate of drug-likeness (QED) is 0.488. The van der Waals surface area contributed by atoms with E-state index in [1.807, 2.05) is 12.1 Å². The first-order valence-corrected chi connectivity index (χ1v) is 14.5. The summed E-state index contributed by atoms with van der Waals surface area (Å²) in [5.41, 5.74) is 3.36. The molecule has 0 saturated carbocycles. The van der Waals surface area contributed by atoms with E-state index in [1.165, 1.54) is 12.0 Å². The molecule has 1 aromatic heterocycles. The lowest BCUT2D eigenvalue weighted by Crippen LogP contribution is -2.51. The van der Waals surface area contributed by atoms with Gasteiger partial charge >= 0.3 is 6.01 Å². The van der Waals surface area contributed by atoms with Crippen molar-refractivity contribution in [1.29, 1.82) is 5.26 Å². The molecule has 0 spiro atoms. The second kappa shape index (κ2) is 11.5. The zero-order valence-electron chi connectivity index (χ0n) is 22.6. The molecule has 1 unspecified atom stereocenters. The molecule has 6 rings (SSSR count). The van der Waals surface area contributed by atoms with E-state index in [0.717, 1.165) is 85.0 Å². The third-order valence-corrected chi connectivity index (χ3v) is 8.70. The highest BCUT2D eigenvalue weighted by atomic mass is 35.5. The minimum atomic E-state index is 0.131. The molecule has 0 aliphatic carbocycles. The molecule has 2 atom stereocenters. The number of rotatable bonds is 6. The number of fused-ring (bicyclic) bond motifs is 2. The third kappa shape index (κ3) is 5.49. The molecular weight excluding hydrogens is 510 g/mol. The molecule has 3 aliphatic rings. The number of hydrogen-bond donors (Lipinski definition) is 1. The second-order valence-corrected chi connectivity index (χ2v) is 11.3. The maximum absolute atomic E-state index is 9.30. The summed E-state index contributed by atoms with van der Waals surface area (Å²) in [7, 11) is 2.16. The summed E-state index contributed by atoms with van der Waals surface area (Å²) in [5.74, 6) is 0.969. The number of piperazine rings is 1. The number of hydrogen-bond acceptors (Lipinski definition) is 8. The monoisotopic (exact) mass is 545 g/mol. The van der Waals surface area contributed by atoms with Gasteiger partial charge in [-0.3, -0.25) is 0 Å². The number of nitriles is 1. The van der Waals surface area contributed by atoms with Crippen molar-refractivity contribution in [2.75, 3.05) is 56.2 Å². The van der Waals surface area contributed by atoms with Crippen LogP contribution in [0.3, 0.4) is 0 Å². The zero-order chi connectivity index (χ0) is 26.8.